The summed E-state index contributed by atoms with van der Waals surface area (Å²) in [5.74, 6) is -0.0383. The summed E-state index contributed by atoms with van der Waals surface area (Å²) < 4.78 is 30.3. The van der Waals surface area contributed by atoms with Crippen LogP contribution in [0.15, 0.2) is 41.0 Å². The zero-order chi connectivity index (χ0) is 16.3. The van der Waals surface area contributed by atoms with E-state index < -0.39 is 15.9 Å². The van der Waals surface area contributed by atoms with Crippen molar-refractivity contribution in [3.05, 3.63) is 46.6 Å². The molecule has 23 heavy (non-hydrogen) atoms. The van der Waals surface area contributed by atoms with E-state index in [1.165, 1.54) is 0 Å². The quantitative estimate of drug-likeness (QED) is 0.839. The third-order valence-corrected chi connectivity index (χ3v) is 5.90. The summed E-state index contributed by atoms with van der Waals surface area (Å²) >= 11 is 0. The smallest absolute Gasteiger partial charge is 0.155 e. The number of fused-ring (bicyclic) bond motifs is 1. The Labute approximate surface area is 136 Å². The normalized spacial score (nSPS) is 22.3. The molecule has 0 bridgehead atoms. The molecule has 6 heteroatoms. The fourth-order valence-corrected chi connectivity index (χ4v) is 4.69. The first-order valence-electron chi connectivity index (χ1n) is 7.92. The average molecular weight is 334 g/mol. The second-order valence-electron chi connectivity index (χ2n) is 6.15. The van der Waals surface area contributed by atoms with Crippen molar-refractivity contribution in [2.24, 2.45) is 10.7 Å². The van der Waals surface area contributed by atoms with Crippen molar-refractivity contribution in [1.29, 1.82) is 0 Å². The molecule has 0 aromatic heterocycles. The molecule has 2 heterocycles. The Balaban J connectivity index is 1.69. The van der Waals surface area contributed by atoms with Crippen LogP contribution in [-0.4, -0.2) is 38.7 Å². The van der Waals surface area contributed by atoms with Crippen LogP contribution in [0.5, 0.6) is 0 Å². The molecule has 1 aromatic rings. The summed E-state index contributed by atoms with van der Waals surface area (Å²) in [6.45, 7) is 0.676. The minimum absolute atomic E-state index is 0.00140. The van der Waals surface area contributed by atoms with E-state index >= 15 is 0 Å². The van der Waals surface area contributed by atoms with Gasteiger partial charge in [0.05, 0.1) is 23.0 Å². The van der Waals surface area contributed by atoms with Crippen molar-refractivity contribution in [3.8, 4) is 0 Å². The Kier molecular flexibility index (Phi) is 4.94. The predicted octanol–water partition coefficient (Wildman–Crippen LogP) is 0.295. The van der Waals surface area contributed by atoms with E-state index in [0.29, 0.717) is 13.0 Å². The van der Waals surface area contributed by atoms with Crippen molar-refractivity contribution in [3.63, 3.8) is 0 Å². The summed E-state index contributed by atoms with van der Waals surface area (Å²) in [7, 11) is -3.27. The molecule has 124 valence electrons. The number of para-hydroxylation sites is 1. The predicted molar refractivity (Wildman–Crippen MR) is 90.0 cm³/mol. The summed E-state index contributed by atoms with van der Waals surface area (Å²) in [6, 6.07) is 7.33. The molecule has 0 spiro atoms. The Hall–Kier alpha value is -1.50. The molecule has 3 rings (SSSR count). The molecule has 0 radical (unpaired) electrons. The van der Waals surface area contributed by atoms with Crippen molar-refractivity contribution in [1.82, 2.24) is 0 Å². The third-order valence-electron chi connectivity index (χ3n) is 4.20. The highest BCUT2D eigenvalue weighted by atomic mass is 32.2. The highest BCUT2D eigenvalue weighted by Gasteiger charge is 2.27. The topological polar surface area (TPSA) is 81.8 Å². The molecule has 0 saturated carbocycles. The number of nitrogens with zero attached hydrogens (tertiary/aromatic N) is 1. The van der Waals surface area contributed by atoms with E-state index in [9.17, 15) is 8.42 Å². The van der Waals surface area contributed by atoms with Crippen LogP contribution in [-0.2, 0) is 14.6 Å². The van der Waals surface area contributed by atoms with E-state index in [-0.39, 0.29) is 17.6 Å². The molecule has 5 nitrogen and oxygen atoms in total. The number of hydrogen-bond donors (Lipinski definition) is 1. The largest absolute Gasteiger partial charge is 0.377 e. The van der Waals surface area contributed by atoms with Gasteiger partial charge in [-0.15, -0.1) is 0 Å². The van der Waals surface area contributed by atoms with Crippen LogP contribution in [0.3, 0.4) is 0 Å². The van der Waals surface area contributed by atoms with Crippen LogP contribution in [0.2, 0.25) is 0 Å². The van der Waals surface area contributed by atoms with Gasteiger partial charge in [-0.3, -0.25) is 4.99 Å². The van der Waals surface area contributed by atoms with Crippen LogP contribution in [0, 0.1) is 0 Å². The maximum atomic E-state index is 12.4. The Morgan fingerprint density at radius 2 is 2.17 bits per heavy atom. The number of nitrogens with two attached hydrogens (primary N) is 1. The molecule has 1 saturated heterocycles. The second-order valence-corrected chi connectivity index (χ2v) is 8.26. The lowest BCUT2D eigenvalue weighted by Crippen LogP contribution is -2.41. The van der Waals surface area contributed by atoms with Gasteiger partial charge in [-0.05, 0) is 36.1 Å². The number of rotatable bonds is 5. The van der Waals surface area contributed by atoms with Crippen LogP contribution in [0.4, 0.5) is 0 Å². The van der Waals surface area contributed by atoms with E-state index in [0.717, 1.165) is 29.0 Å². The number of hydrogen-bond acceptors (Lipinski definition) is 5. The van der Waals surface area contributed by atoms with Gasteiger partial charge in [0.2, 0.25) is 0 Å². The third kappa shape index (κ3) is 4.28. The zero-order valence-corrected chi connectivity index (χ0v) is 13.8. The highest BCUT2D eigenvalue weighted by molar-refractivity contribution is 7.91. The number of ether oxygens (including phenoxy) is 1. The molecule has 2 N–H and O–H groups in total. The summed E-state index contributed by atoms with van der Waals surface area (Å²) in [4.78, 5) is 4.40. The molecule has 1 unspecified atom stereocenters. The molecule has 2 aliphatic rings. The first kappa shape index (κ1) is 16.4. The molecular weight excluding hydrogens is 312 g/mol. The molecule has 1 aromatic carbocycles. The van der Waals surface area contributed by atoms with Gasteiger partial charge in [0, 0.05) is 18.8 Å². The summed E-state index contributed by atoms with van der Waals surface area (Å²) in [5, 5.41) is 1.91. The van der Waals surface area contributed by atoms with E-state index in [2.05, 4.69) is 4.99 Å². The molecular formula is C17H22N2O3S. The van der Waals surface area contributed by atoms with Crippen LogP contribution >= 0.6 is 0 Å². The van der Waals surface area contributed by atoms with Gasteiger partial charge >= 0.3 is 0 Å². The van der Waals surface area contributed by atoms with E-state index in [4.69, 9.17) is 10.5 Å². The van der Waals surface area contributed by atoms with Crippen LogP contribution < -0.4 is 16.3 Å². The van der Waals surface area contributed by atoms with Gasteiger partial charge in [-0.2, -0.15) is 0 Å². The van der Waals surface area contributed by atoms with Gasteiger partial charge in [0.25, 0.3) is 0 Å². The number of benzene rings is 1. The molecule has 0 amide bonds. The highest BCUT2D eigenvalue weighted by Crippen LogP contribution is 2.17. The molecule has 0 aliphatic carbocycles. The fourth-order valence-electron chi connectivity index (χ4n) is 3.01. The Morgan fingerprint density at radius 1 is 1.35 bits per heavy atom. The SMILES string of the molecule is N[C@H](CS(=O)(=O)CC1=CN=c2ccccc2=CC1)C1CCCO1. The standard InChI is InChI=1S/C17H22N2O3S/c18-15(17-6-3-9-22-17)12-23(20,21)11-13-7-8-14-4-1-2-5-16(14)19-10-13/h1-2,4-5,8,10,15,17H,3,6-7,9,11-12,18H2/t15-,17?/m1/s1. The molecule has 2 atom stereocenters. The van der Waals surface area contributed by atoms with Gasteiger partial charge in [0.15, 0.2) is 9.84 Å². The van der Waals surface area contributed by atoms with E-state index in [1.54, 1.807) is 6.20 Å². The first-order chi connectivity index (χ1) is 11.0. The second kappa shape index (κ2) is 6.95. The Morgan fingerprint density at radius 3 is 2.96 bits per heavy atom. The summed E-state index contributed by atoms with van der Waals surface area (Å²) in [5.41, 5.74) is 6.81. The molecule has 1 fully saturated rings. The van der Waals surface area contributed by atoms with Crippen LogP contribution in [0.1, 0.15) is 19.3 Å². The minimum atomic E-state index is -3.27. The van der Waals surface area contributed by atoms with Gasteiger partial charge < -0.3 is 10.5 Å². The number of sulfone groups is 1. The lowest BCUT2D eigenvalue weighted by atomic mass is 10.1. The summed E-state index contributed by atoms with van der Waals surface area (Å²) in [6.07, 6.45) is 5.96. The van der Waals surface area contributed by atoms with Crippen molar-refractivity contribution >= 4 is 15.9 Å². The minimum Gasteiger partial charge on any atom is -0.377 e. The van der Waals surface area contributed by atoms with Gasteiger partial charge in [-0.1, -0.05) is 24.3 Å². The lowest BCUT2D eigenvalue weighted by molar-refractivity contribution is 0.0954. The maximum Gasteiger partial charge on any atom is 0.155 e. The first-order valence-corrected chi connectivity index (χ1v) is 9.74. The van der Waals surface area contributed by atoms with Gasteiger partial charge in [-0.25, -0.2) is 8.42 Å². The zero-order valence-electron chi connectivity index (χ0n) is 13.0. The monoisotopic (exact) mass is 334 g/mol. The Bertz CT molecular complexity index is 808. The average Bonchev–Trinajstić information content (AvgIpc) is 2.98. The van der Waals surface area contributed by atoms with Crippen molar-refractivity contribution in [2.75, 3.05) is 18.1 Å². The van der Waals surface area contributed by atoms with Crippen molar-refractivity contribution in [2.45, 2.75) is 31.4 Å². The molecule has 2 aliphatic heterocycles. The van der Waals surface area contributed by atoms with Crippen LogP contribution in [0.25, 0.3) is 6.08 Å². The van der Waals surface area contributed by atoms with Crippen molar-refractivity contribution < 1.29 is 13.2 Å². The maximum absolute atomic E-state index is 12.4. The van der Waals surface area contributed by atoms with Gasteiger partial charge in [0.1, 0.15) is 0 Å². The fraction of sp³-hybridized carbons (Fsp3) is 0.471. The lowest BCUT2D eigenvalue weighted by Gasteiger charge is -2.18. The van der Waals surface area contributed by atoms with E-state index in [1.807, 2.05) is 30.3 Å².